The van der Waals surface area contributed by atoms with Crippen molar-refractivity contribution < 1.29 is 108 Å². The van der Waals surface area contributed by atoms with E-state index in [0.717, 1.165) is 17.4 Å². The molecule has 0 rings (SSSR count). The summed E-state index contributed by atoms with van der Waals surface area (Å²) in [5.41, 5.74) is 0. The molecule has 0 saturated carbocycles. The van der Waals surface area contributed by atoms with Gasteiger partial charge in [0.15, 0.2) is 0 Å². The molecule has 0 heterocycles. The van der Waals surface area contributed by atoms with Crippen molar-refractivity contribution in [3.05, 3.63) is 0 Å². The number of hydrogen-bond donors (Lipinski definition) is 3. The molecule has 0 unspecified atom stereocenters. The van der Waals surface area contributed by atoms with E-state index in [0.29, 0.717) is 0 Å². The quantitative estimate of drug-likeness (QED) is 0.358. The molecule has 0 aliphatic carbocycles. The third kappa shape index (κ3) is 6110. The Morgan fingerprint density at radius 1 is 0.529 bits per heavy atom. The van der Waals surface area contributed by atoms with E-state index in [1.54, 1.807) is 0 Å². The Morgan fingerprint density at radius 2 is 0.529 bits per heavy atom. The Balaban J connectivity index is -0.0000000693. The molecule has 17 heteroatoms. The van der Waals surface area contributed by atoms with Crippen LogP contribution in [-0.4, -0.2) is 14.0 Å². The normalized spacial score (nSPS) is 10.8. The second-order valence-electron chi connectivity index (χ2n) is 1.19. The van der Waals surface area contributed by atoms with Crippen LogP contribution in [0.25, 0.3) is 0 Å². The van der Waals surface area contributed by atoms with Crippen LogP contribution in [0.15, 0.2) is 0 Å². The fraction of sp³-hybridized carbons (Fsp3) is 0. The van der Waals surface area contributed by atoms with E-state index in [4.69, 9.17) is 59.6 Å². The van der Waals surface area contributed by atoms with Gasteiger partial charge in [-0.25, -0.2) is 0 Å². The van der Waals surface area contributed by atoms with Gasteiger partial charge in [0.25, 0.3) is 0 Å². The average Bonchev–Trinajstić information content (AvgIpc) is 1.77. The van der Waals surface area contributed by atoms with Gasteiger partial charge in [0.05, 0.1) is 44.7 Å². The summed E-state index contributed by atoms with van der Waals surface area (Å²) in [6.07, 6.45) is 0. The third-order valence-corrected chi connectivity index (χ3v) is 0. The third-order valence-electron chi connectivity index (χ3n) is 0. The molecule has 0 bridgehead atoms. The van der Waals surface area contributed by atoms with E-state index in [1.807, 2.05) is 0 Å². The molecule has 17 heavy (non-hydrogen) atoms. The molecular weight excluding hydrogens is 365 g/mol. The van der Waals surface area contributed by atoms with Crippen LogP contribution >= 0.6 is 0 Å². The van der Waals surface area contributed by atoms with E-state index in [1.165, 1.54) is 0 Å². The molecule has 0 aliphatic rings. The minimum atomic E-state index is -4.69. The van der Waals surface area contributed by atoms with Crippen LogP contribution in [-0.2, 0) is 21.0 Å². The van der Waals surface area contributed by atoms with E-state index in [2.05, 4.69) is 0 Å². The standard InChI is InChI=1S/3ClHO4.O.V/c3*2-1(3,4)5;;/h3*(H,2,3,4,5);;. The van der Waals surface area contributed by atoms with Crippen molar-refractivity contribution in [1.29, 1.82) is 0 Å². The maximum absolute atomic E-state index is 8.60. The second kappa shape index (κ2) is 11.8. The fourth-order valence-electron chi connectivity index (χ4n) is 0. The van der Waals surface area contributed by atoms with E-state index in [9.17, 15) is 0 Å². The van der Waals surface area contributed by atoms with Gasteiger partial charge in [-0.15, -0.1) is 0 Å². The maximum atomic E-state index is 8.60. The van der Waals surface area contributed by atoms with Crippen molar-refractivity contribution in [2.24, 2.45) is 0 Å². The molecule has 13 nitrogen and oxygen atoms in total. The molecule has 0 aromatic rings. The molecule has 0 aromatic heterocycles. The Hall–Kier alpha value is 0.774. The van der Waals surface area contributed by atoms with Gasteiger partial charge in [0.1, 0.15) is 0 Å². The van der Waals surface area contributed by atoms with Crippen molar-refractivity contribution in [2.45, 2.75) is 0 Å². The van der Waals surface area contributed by atoms with Crippen molar-refractivity contribution in [2.75, 3.05) is 0 Å². The summed E-state index contributed by atoms with van der Waals surface area (Å²) in [4.78, 5) is 0. The predicted octanol–water partition coefficient (Wildman–Crippen LogP) is -12.5. The van der Waals surface area contributed by atoms with Crippen LogP contribution in [0, 0.1) is 30.7 Å². The number of hydrogen-bond acceptors (Lipinski definition) is 13. The van der Waals surface area contributed by atoms with Crippen LogP contribution in [0.5, 0.6) is 0 Å². The summed E-state index contributed by atoms with van der Waals surface area (Å²) in [6, 6.07) is 0. The van der Waals surface area contributed by atoms with Gasteiger partial charge >= 0.3 is 21.0 Å². The first kappa shape index (κ1) is 26.4. The Morgan fingerprint density at radius 3 is 0.529 bits per heavy atom. The van der Waals surface area contributed by atoms with Crippen LogP contribution in [0.1, 0.15) is 0 Å². The van der Waals surface area contributed by atoms with Crippen molar-refractivity contribution in [1.82, 2.24) is 0 Å². The van der Waals surface area contributed by atoms with Gasteiger partial charge in [0.2, 0.25) is 0 Å². The fourth-order valence-corrected chi connectivity index (χ4v) is 0. The summed E-state index contributed by atoms with van der Waals surface area (Å²) in [5.74, 6) is 0. The molecule has 0 radical (unpaired) electrons. The molecule has 0 fully saturated rings. The van der Waals surface area contributed by atoms with Gasteiger partial charge in [-0.2, -0.15) is 41.9 Å². The molecule has 0 saturated heterocycles. The van der Waals surface area contributed by atoms with Crippen molar-refractivity contribution in [3.8, 4) is 0 Å². The van der Waals surface area contributed by atoms with E-state index in [-0.39, 0.29) is 0 Å². The van der Waals surface area contributed by atoms with Gasteiger partial charge in [0, 0.05) is 0 Å². The first-order valence-corrected chi connectivity index (χ1v) is 6.44. The monoisotopic (exact) mass is 367 g/mol. The minimum absolute atomic E-state index is 1.06. The first-order valence-electron chi connectivity index (χ1n) is 2.08. The van der Waals surface area contributed by atoms with Crippen LogP contribution in [0.2, 0.25) is 0 Å². The molecule has 0 spiro atoms. The topological polar surface area (TPSA) is 285 Å². The van der Waals surface area contributed by atoms with E-state index >= 15 is 0 Å². The Labute approximate surface area is 108 Å². The molecule has 3 N–H and O–H groups in total. The van der Waals surface area contributed by atoms with Gasteiger partial charge in [-0.05, 0) is 0 Å². The van der Waals surface area contributed by atoms with Crippen LogP contribution < -0.4 is 41.9 Å². The molecule has 0 amide bonds. The van der Waals surface area contributed by atoms with Crippen LogP contribution in [0.4, 0.5) is 0 Å². The molecule has 0 aliphatic heterocycles. The predicted molar refractivity (Wildman–Crippen MR) is 7.34 cm³/mol. The van der Waals surface area contributed by atoms with Crippen molar-refractivity contribution >= 4 is 0 Å². The summed E-state index contributed by atoms with van der Waals surface area (Å²) in [6.45, 7) is 0. The zero-order valence-electron chi connectivity index (χ0n) is 7.01. The van der Waals surface area contributed by atoms with Gasteiger partial charge < -0.3 is 0 Å². The Bertz CT molecular complexity index is 103. The van der Waals surface area contributed by atoms with Crippen molar-refractivity contribution in [3.63, 3.8) is 0 Å². The molecule has 0 aromatic carbocycles. The summed E-state index contributed by atoms with van der Waals surface area (Å²) >= 11 is 1.06. The summed E-state index contributed by atoms with van der Waals surface area (Å²) in [5, 5.41) is 0. The molecule has 0 atom stereocenters. The zero-order valence-corrected chi connectivity index (χ0v) is 10.7. The van der Waals surface area contributed by atoms with Crippen LogP contribution in [0.3, 0.4) is 0 Å². The number of rotatable bonds is 0. The SMILES string of the molecule is [O-][Cl+3]([O-])([O-])O.[O-][Cl+3]([O-])([O-])O.[O-][Cl+3]([O-])([O-])O.[O]=[V]. The number of halogens is 3. The average molecular weight is 368 g/mol. The van der Waals surface area contributed by atoms with Gasteiger partial charge in [-0.3, -0.25) is 0 Å². The summed E-state index contributed by atoms with van der Waals surface area (Å²) in [7, 11) is -14.1. The zero-order chi connectivity index (χ0) is 15.5. The van der Waals surface area contributed by atoms with Gasteiger partial charge in [-0.1, -0.05) is 0 Å². The van der Waals surface area contributed by atoms with E-state index < -0.39 is 30.7 Å². The Kier molecular flexibility index (Phi) is 18.4. The first-order chi connectivity index (χ1) is 7.00. The second-order valence-corrected chi connectivity index (χ2v) is 3.56. The molecule has 107 valence electrons. The molecular formula is H3Cl3O13V. The summed E-state index contributed by atoms with van der Waals surface area (Å²) < 4.78 is 106.